The zero-order chi connectivity index (χ0) is 20.6. The highest BCUT2D eigenvalue weighted by Crippen LogP contribution is 2.19. The van der Waals surface area contributed by atoms with E-state index in [-0.39, 0.29) is 5.91 Å². The van der Waals surface area contributed by atoms with Crippen LogP contribution in [-0.4, -0.2) is 16.9 Å². The van der Waals surface area contributed by atoms with Gasteiger partial charge in [0.2, 0.25) is 5.91 Å². The van der Waals surface area contributed by atoms with Crippen LogP contribution < -0.4 is 16.0 Å². The van der Waals surface area contributed by atoms with E-state index in [0.29, 0.717) is 28.7 Å². The molecule has 3 amide bonds. The van der Waals surface area contributed by atoms with Crippen molar-refractivity contribution >= 4 is 51.4 Å². The minimum atomic E-state index is -0.401. The Balaban J connectivity index is 1.45. The van der Waals surface area contributed by atoms with Crippen LogP contribution in [0.15, 0.2) is 53.9 Å². The predicted octanol–water partition coefficient (Wildman–Crippen LogP) is 5.57. The summed E-state index contributed by atoms with van der Waals surface area (Å²) < 4.78 is 0. The van der Waals surface area contributed by atoms with Gasteiger partial charge in [-0.05, 0) is 48.7 Å². The van der Waals surface area contributed by atoms with Crippen LogP contribution in [0.25, 0.3) is 0 Å². The smallest absolute Gasteiger partial charge is 0.325 e. The maximum atomic E-state index is 12.1. The zero-order valence-electron chi connectivity index (χ0n) is 15.9. The van der Waals surface area contributed by atoms with E-state index >= 15 is 0 Å². The van der Waals surface area contributed by atoms with Gasteiger partial charge in [-0.15, -0.1) is 11.3 Å². The Bertz CT molecular complexity index is 988. The molecule has 0 saturated carbocycles. The van der Waals surface area contributed by atoms with Crippen molar-refractivity contribution in [2.45, 2.75) is 26.2 Å². The Labute approximate surface area is 178 Å². The SMILES string of the molecule is CCc1ccc(NC(=O)CCc2csc(NC(=O)Nc3cccc(Cl)c3)n2)cc1. The second-order valence-corrected chi connectivity index (χ2v) is 7.63. The van der Waals surface area contributed by atoms with E-state index in [9.17, 15) is 9.59 Å². The molecule has 1 aromatic heterocycles. The maximum absolute atomic E-state index is 12.1. The Morgan fingerprint density at radius 2 is 1.83 bits per heavy atom. The molecule has 2 aromatic carbocycles. The number of hydrogen-bond donors (Lipinski definition) is 3. The van der Waals surface area contributed by atoms with Crippen LogP contribution in [0.4, 0.5) is 21.3 Å². The van der Waals surface area contributed by atoms with E-state index in [1.165, 1.54) is 16.9 Å². The molecule has 0 atom stereocenters. The van der Waals surface area contributed by atoms with Crippen LogP contribution >= 0.6 is 22.9 Å². The summed E-state index contributed by atoms with van der Waals surface area (Å²) >= 11 is 7.21. The normalized spacial score (nSPS) is 10.4. The number of amides is 3. The molecule has 150 valence electrons. The van der Waals surface area contributed by atoms with Gasteiger partial charge in [0, 0.05) is 28.2 Å². The molecule has 0 aliphatic heterocycles. The van der Waals surface area contributed by atoms with Crippen LogP contribution in [0.3, 0.4) is 0 Å². The van der Waals surface area contributed by atoms with E-state index in [1.807, 2.05) is 29.6 Å². The standard InChI is InChI=1S/C21H21ClN4O2S/c1-2-14-6-8-16(9-7-14)23-19(27)11-10-18-13-29-21(25-18)26-20(28)24-17-5-3-4-15(22)12-17/h3-9,12-13H,2,10-11H2,1H3,(H,23,27)(H2,24,25,26,28). The number of carbonyl (C=O) groups excluding carboxylic acids is 2. The number of anilines is 3. The predicted molar refractivity (Wildman–Crippen MR) is 119 cm³/mol. The van der Waals surface area contributed by atoms with Gasteiger partial charge in [-0.1, -0.05) is 36.7 Å². The third kappa shape index (κ3) is 6.58. The molecule has 0 aliphatic carbocycles. The van der Waals surface area contributed by atoms with E-state index in [2.05, 4.69) is 27.9 Å². The highest BCUT2D eigenvalue weighted by molar-refractivity contribution is 7.13. The average molecular weight is 429 g/mol. The van der Waals surface area contributed by atoms with Crippen molar-refractivity contribution in [2.24, 2.45) is 0 Å². The van der Waals surface area contributed by atoms with Gasteiger partial charge in [-0.25, -0.2) is 9.78 Å². The number of rotatable bonds is 7. The highest BCUT2D eigenvalue weighted by Gasteiger charge is 2.09. The highest BCUT2D eigenvalue weighted by atomic mass is 35.5. The Morgan fingerprint density at radius 3 is 2.55 bits per heavy atom. The van der Waals surface area contributed by atoms with Crippen molar-refractivity contribution in [3.8, 4) is 0 Å². The summed E-state index contributed by atoms with van der Waals surface area (Å²) in [4.78, 5) is 28.5. The van der Waals surface area contributed by atoms with Crippen molar-refractivity contribution < 1.29 is 9.59 Å². The molecule has 0 fully saturated rings. The Hall–Kier alpha value is -2.90. The molecule has 0 saturated heterocycles. The number of nitrogens with zero attached hydrogens (tertiary/aromatic N) is 1. The van der Waals surface area contributed by atoms with Crippen molar-refractivity contribution in [1.82, 2.24) is 4.98 Å². The number of halogens is 1. The van der Waals surface area contributed by atoms with Gasteiger partial charge in [-0.3, -0.25) is 10.1 Å². The summed E-state index contributed by atoms with van der Waals surface area (Å²) in [5.74, 6) is -0.0737. The number of urea groups is 1. The Morgan fingerprint density at radius 1 is 1.03 bits per heavy atom. The molecule has 6 nitrogen and oxygen atoms in total. The van der Waals surface area contributed by atoms with Crippen LogP contribution in [0.5, 0.6) is 0 Å². The van der Waals surface area contributed by atoms with Gasteiger partial charge in [0.05, 0.1) is 5.69 Å². The summed E-state index contributed by atoms with van der Waals surface area (Å²) in [7, 11) is 0. The first-order valence-electron chi connectivity index (χ1n) is 9.18. The first-order valence-corrected chi connectivity index (χ1v) is 10.4. The second-order valence-electron chi connectivity index (χ2n) is 6.33. The molecule has 0 spiro atoms. The molecule has 3 aromatic rings. The van der Waals surface area contributed by atoms with Crippen molar-refractivity contribution in [3.63, 3.8) is 0 Å². The fraction of sp³-hybridized carbons (Fsp3) is 0.190. The van der Waals surface area contributed by atoms with E-state index in [1.54, 1.807) is 24.3 Å². The molecule has 1 heterocycles. The fourth-order valence-corrected chi connectivity index (χ4v) is 3.52. The van der Waals surface area contributed by atoms with Crippen molar-refractivity contribution in [1.29, 1.82) is 0 Å². The van der Waals surface area contributed by atoms with Crippen LogP contribution in [0.2, 0.25) is 5.02 Å². The Kier molecular flexibility index (Phi) is 7.21. The van der Waals surface area contributed by atoms with Crippen LogP contribution in [0, 0.1) is 0 Å². The fourth-order valence-electron chi connectivity index (χ4n) is 2.59. The van der Waals surface area contributed by atoms with E-state index in [0.717, 1.165) is 17.8 Å². The first-order chi connectivity index (χ1) is 14.0. The summed E-state index contributed by atoms with van der Waals surface area (Å²) in [6, 6.07) is 14.3. The third-order valence-corrected chi connectivity index (χ3v) is 5.15. The lowest BCUT2D eigenvalue weighted by molar-refractivity contribution is -0.116. The quantitative estimate of drug-likeness (QED) is 0.459. The summed E-state index contributed by atoms with van der Waals surface area (Å²) in [6.45, 7) is 2.09. The number of hydrogen-bond acceptors (Lipinski definition) is 4. The number of benzene rings is 2. The van der Waals surface area contributed by atoms with Gasteiger partial charge in [-0.2, -0.15) is 0 Å². The molecule has 0 unspecified atom stereocenters. The minimum Gasteiger partial charge on any atom is -0.326 e. The number of aryl methyl sites for hydroxylation is 2. The lowest BCUT2D eigenvalue weighted by atomic mass is 10.1. The molecule has 3 N–H and O–H groups in total. The number of thiazole rings is 1. The molecule has 0 aliphatic rings. The lowest BCUT2D eigenvalue weighted by Crippen LogP contribution is -2.19. The number of nitrogens with one attached hydrogen (secondary N) is 3. The molecular formula is C21H21ClN4O2S. The van der Waals surface area contributed by atoms with Gasteiger partial charge in [0.1, 0.15) is 0 Å². The second kappa shape index (κ2) is 10.0. The minimum absolute atomic E-state index is 0.0737. The molecule has 3 rings (SSSR count). The average Bonchev–Trinajstić information content (AvgIpc) is 3.14. The van der Waals surface area contributed by atoms with Gasteiger partial charge in [0.15, 0.2) is 5.13 Å². The summed E-state index contributed by atoms with van der Waals surface area (Å²) in [6.07, 6.45) is 1.77. The maximum Gasteiger partial charge on any atom is 0.325 e. The largest absolute Gasteiger partial charge is 0.326 e. The number of carbonyl (C=O) groups is 2. The first kappa shape index (κ1) is 20.8. The van der Waals surface area contributed by atoms with Crippen LogP contribution in [0.1, 0.15) is 24.6 Å². The molecule has 0 radical (unpaired) electrons. The van der Waals surface area contributed by atoms with Gasteiger partial charge < -0.3 is 10.6 Å². The topological polar surface area (TPSA) is 83.1 Å². The zero-order valence-corrected chi connectivity index (χ0v) is 17.4. The van der Waals surface area contributed by atoms with Crippen LogP contribution in [-0.2, 0) is 17.6 Å². The molecule has 29 heavy (non-hydrogen) atoms. The van der Waals surface area contributed by atoms with E-state index < -0.39 is 6.03 Å². The monoisotopic (exact) mass is 428 g/mol. The van der Waals surface area contributed by atoms with Gasteiger partial charge >= 0.3 is 6.03 Å². The summed E-state index contributed by atoms with van der Waals surface area (Å²) in [5, 5.41) is 11.1. The third-order valence-electron chi connectivity index (χ3n) is 4.11. The molecular weight excluding hydrogens is 408 g/mol. The molecule has 0 bridgehead atoms. The van der Waals surface area contributed by atoms with E-state index in [4.69, 9.17) is 11.6 Å². The molecule has 8 heteroatoms. The number of aromatic nitrogens is 1. The van der Waals surface area contributed by atoms with Gasteiger partial charge in [0.25, 0.3) is 0 Å². The van der Waals surface area contributed by atoms with Crippen molar-refractivity contribution in [2.75, 3.05) is 16.0 Å². The van der Waals surface area contributed by atoms with Crippen molar-refractivity contribution in [3.05, 3.63) is 70.2 Å². The summed E-state index contributed by atoms with van der Waals surface area (Å²) in [5.41, 5.74) is 3.36. The lowest BCUT2D eigenvalue weighted by Gasteiger charge is -2.06.